The Balaban J connectivity index is 1.26. The lowest BCUT2D eigenvalue weighted by Gasteiger charge is -2.38. The lowest BCUT2D eigenvalue weighted by molar-refractivity contribution is 0.240. The molecule has 1 aliphatic carbocycles. The van der Waals surface area contributed by atoms with Crippen LogP contribution < -0.4 is 14.8 Å². The van der Waals surface area contributed by atoms with Crippen molar-refractivity contribution < 1.29 is 13.2 Å². The topological polar surface area (TPSA) is 67.4 Å². The van der Waals surface area contributed by atoms with Gasteiger partial charge in [0, 0.05) is 33.3 Å². The number of sulfonamides is 1. The molecule has 0 spiro atoms. The molecule has 3 aromatic carbocycles. The lowest BCUT2D eigenvalue weighted by Crippen LogP contribution is -2.31. The third-order valence-electron chi connectivity index (χ3n) is 6.87. The van der Waals surface area contributed by atoms with Crippen molar-refractivity contribution in [3.63, 3.8) is 0 Å². The minimum Gasteiger partial charge on any atom is -0.489 e. The van der Waals surface area contributed by atoms with Gasteiger partial charge >= 0.3 is 0 Å². The quantitative estimate of drug-likeness (QED) is 0.329. The molecule has 0 radical (unpaired) electrons. The summed E-state index contributed by atoms with van der Waals surface area (Å²) >= 11 is 5.30. The Morgan fingerprint density at radius 1 is 1.03 bits per heavy atom. The van der Waals surface area contributed by atoms with Crippen LogP contribution in [0.2, 0.25) is 0 Å². The smallest absolute Gasteiger partial charge is 0.261 e. The molecular weight excluding hydrogens is 544 g/mol. The number of nitrogens with one attached hydrogen (secondary N) is 2. The van der Waals surface area contributed by atoms with E-state index in [4.69, 9.17) is 4.74 Å². The van der Waals surface area contributed by atoms with Gasteiger partial charge in [-0.05, 0) is 72.0 Å². The third-order valence-corrected chi connectivity index (χ3v) is 9.96. The molecule has 180 valence electrons. The lowest BCUT2D eigenvalue weighted by atomic mass is 9.77. The van der Waals surface area contributed by atoms with E-state index in [2.05, 4.69) is 62.4 Å². The van der Waals surface area contributed by atoms with Crippen LogP contribution in [0, 0.1) is 5.92 Å². The van der Waals surface area contributed by atoms with E-state index in [-0.39, 0.29) is 16.9 Å². The van der Waals surface area contributed by atoms with Crippen LogP contribution in [-0.4, -0.2) is 26.0 Å². The Morgan fingerprint density at radius 3 is 2.60 bits per heavy atom. The highest BCUT2D eigenvalue weighted by atomic mass is 79.9. The summed E-state index contributed by atoms with van der Waals surface area (Å²) in [4.78, 5) is 0.270. The SMILES string of the molecule is O=S(=O)(Nc1cccc(Br)c1)c1ccc2c(c1)[C@H]1C=CC[C@H]1[C@@H](c1ccc(OC3CSC3)cc1)N2. The van der Waals surface area contributed by atoms with Gasteiger partial charge in [-0.25, -0.2) is 8.42 Å². The molecule has 2 aliphatic heterocycles. The molecule has 0 saturated carbocycles. The fraction of sp³-hybridized carbons (Fsp3) is 0.259. The van der Waals surface area contributed by atoms with E-state index in [1.54, 1.807) is 24.3 Å². The second-order valence-electron chi connectivity index (χ2n) is 9.19. The highest BCUT2D eigenvalue weighted by Gasteiger charge is 2.38. The Bertz CT molecular complexity index is 1390. The summed E-state index contributed by atoms with van der Waals surface area (Å²) in [7, 11) is -3.71. The molecule has 0 aromatic heterocycles. The minimum atomic E-state index is -3.71. The van der Waals surface area contributed by atoms with Crippen LogP contribution in [0.4, 0.5) is 11.4 Å². The van der Waals surface area contributed by atoms with Crippen LogP contribution in [0.15, 0.2) is 88.3 Å². The van der Waals surface area contributed by atoms with Gasteiger partial charge in [0.1, 0.15) is 11.9 Å². The molecule has 35 heavy (non-hydrogen) atoms. The summed E-state index contributed by atoms with van der Waals surface area (Å²) in [5.41, 5.74) is 3.76. The second kappa shape index (κ2) is 9.22. The summed E-state index contributed by atoms with van der Waals surface area (Å²) in [5.74, 6) is 3.54. The van der Waals surface area contributed by atoms with Crippen LogP contribution in [-0.2, 0) is 10.0 Å². The predicted octanol–water partition coefficient (Wildman–Crippen LogP) is 6.57. The zero-order valence-corrected chi connectivity index (χ0v) is 22.1. The fourth-order valence-corrected chi connectivity index (χ4v) is 7.11. The molecule has 2 N–H and O–H groups in total. The summed E-state index contributed by atoms with van der Waals surface area (Å²) in [6.07, 6.45) is 5.72. The summed E-state index contributed by atoms with van der Waals surface area (Å²) in [5, 5.41) is 3.70. The van der Waals surface area contributed by atoms with Gasteiger partial charge in [-0.15, -0.1) is 0 Å². The van der Waals surface area contributed by atoms with Gasteiger partial charge < -0.3 is 10.1 Å². The molecule has 3 aromatic rings. The normalized spacial score (nSPS) is 23.1. The first-order valence-corrected chi connectivity index (χ1v) is 15.1. The monoisotopic (exact) mass is 568 g/mol. The minimum absolute atomic E-state index is 0.151. The number of benzene rings is 3. The van der Waals surface area contributed by atoms with Crippen molar-refractivity contribution in [1.29, 1.82) is 0 Å². The predicted molar refractivity (Wildman–Crippen MR) is 146 cm³/mol. The van der Waals surface area contributed by atoms with Gasteiger partial charge in [-0.1, -0.05) is 46.3 Å². The zero-order chi connectivity index (χ0) is 24.0. The van der Waals surface area contributed by atoms with Gasteiger partial charge in [0.05, 0.1) is 10.9 Å². The molecule has 2 heterocycles. The first-order valence-electron chi connectivity index (χ1n) is 11.7. The molecule has 8 heteroatoms. The number of thioether (sulfide) groups is 1. The van der Waals surface area contributed by atoms with E-state index in [0.29, 0.717) is 17.7 Å². The van der Waals surface area contributed by atoms with Crippen LogP contribution in [0.1, 0.15) is 29.5 Å². The fourth-order valence-electron chi connectivity index (χ4n) is 5.06. The van der Waals surface area contributed by atoms with Crippen LogP contribution in [0.5, 0.6) is 5.75 Å². The first-order chi connectivity index (χ1) is 17.0. The standard InChI is InChI=1S/C27H25BrN2O3S2/c28-18-3-1-4-19(13-18)30-35(31,32)22-11-12-26-25(14-22)23-5-2-6-24(23)27(29-26)17-7-9-20(10-8-17)33-21-15-34-16-21/h1-5,7-14,21,23-24,27,29-30H,6,15-16H2/t23-,24+,27+/m0/s1. The zero-order valence-electron chi connectivity index (χ0n) is 18.9. The highest BCUT2D eigenvalue weighted by molar-refractivity contribution is 9.10. The highest BCUT2D eigenvalue weighted by Crippen LogP contribution is 2.50. The van der Waals surface area contributed by atoms with E-state index < -0.39 is 10.0 Å². The maximum atomic E-state index is 13.1. The molecule has 0 bridgehead atoms. The van der Waals surface area contributed by atoms with Crippen molar-refractivity contribution in [1.82, 2.24) is 0 Å². The summed E-state index contributed by atoms with van der Waals surface area (Å²) in [6, 6.07) is 21.1. The van der Waals surface area contributed by atoms with Crippen molar-refractivity contribution in [2.24, 2.45) is 5.92 Å². The molecule has 3 atom stereocenters. The molecule has 6 rings (SSSR count). The van der Waals surface area contributed by atoms with E-state index in [9.17, 15) is 8.42 Å². The van der Waals surface area contributed by atoms with Gasteiger partial charge in [-0.3, -0.25) is 4.72 Å². The van der Waals surface area contributed by atoms with E-state index >= 15 is 0 Å². The summed E-state index contributed by atoms with van der Waals surface area (Å²) < 4.78 is 35.8. The molecule has 1 fully saturated rings. The van der Waals surface area contributed by atoms with Gasteiger partial charge in [0.2, 0.25) is 0 Å². The summed E-state index contributed by atoms with van der Waals surface area (Å²) in [6.45, 7) is 0. The maximum Gasteiger partial charge on any atom is 0.261 e. The van der Waals surface area contributed by atoms with Crippen molar-refractivity contribution >= 4 is 49.1 Å². The number of halogens is 1. The van der Waals surface area contributed by atoms with Crippen LogP contribution in [0.25, 0.3) is 0 Å². The molecule has 0 unspecified atom stereocenters. The number of anilines is 2. The second-order valence-corrected chi connectivity index (χ2v) is 12.9. The number of rotatable bonds is 6. The Morgan fingerprint density at radius 2 is 1.86 bits per heavy atom. The third kappa shape index (κ3) is 4.59. The number of allylic oxidation sites excluding steroid dienone is 2. The molecule has 1 saturated heterocycles. The van der Waals surface area contributed by atoms with Crippen LogP contribution >= 0.6 is 27.7 Å². The number of fused-ring (bicyclic) bond motifs is 3. The van der Waals surface area contributed by atoms with E-state index in [0.717, 1.165) is 39.4 Å². The number of hydrogen-bond acceptors (Lipinski definition) is 5. The van der Waals surface area contributed by atoms with Crippen LogP contribution in [0.3, 0.4) is 0 Å². The van der Waals surface area contributed by atoms with Gasteiger partial charge in [0.15, 0.2) is 0 Å². The molecular formula is C27H25BrN2O3S2. The van der Waals surface area contributed by atoms with E-state index in [1.807, 2.05) is 30.0 Å². The van der Waals surface area contributed by atoms with E-state index in [1.165, 1.54) is 5.56 Å². The maximum absolute atomic E-state index is 13.1. The van der Waals surface area contributed by atoms with Crippen molar-refractivity contribution in [2.75, 3.05) is 21.5 Å². The molecule has 0 amide bonds. The molecule has 3 aliphatic rings. The van der Waals surface area contributed by atoms with Crippen molar-refractivity contribution in [3.8, 4) is 5.75 Å². The van der Waals surface area contributed by atoms with Gasteiger partial charge in [-0.2, -0.15) is 11.8 Å². The number of ether oxygens (including phenoxy) is 1. The Labute approximate surface area is 218 Å². The Hall–Kier alpha value is -2.42. The average molecular weight is 570 g/mol. The molecule has 5 nitrogen and oxygen atoms in total. The number of hydrogen-bond donors (Lipinski definition) is 2. The van der Waals surface area contributed by atoms with Crippen molar-refractivity contribution in [3.05, 3.63) is 94.5 Å². The largest absolute Gasteiger partial charge is 0.489 e. The first kappa shape index (κ1) is 23.0. The average Bonchev–Trinajstić information content (AvgIpc) is 3.31. The van der Waals surface area contributed by atoms with Crippen molar-refractivity contribution in [2.45, 2.75) is 29.4 Å². The Kier molecular flexibility index (Phi) is 6.06. The van der Waals surface area contributed by atoms with Gasteiger partial charge in [0.25, 0.3) is 10.0 Å².